The SMILES string of the molecule is CCC/C=C/[C@H]1CC[C@H](CCC2CCC(c3cc(F)c(COC)c(F)c3)CC2)CC1. The molecule has 0 aliphatic heterocycles. The van der Waals surface area contributed by atoms with Crippen molar-refractivity contribution >= 4 is 0 Å². The van der Waals surface area contributed by atoms with Crippen molar-refractivity contribution in [1.29, 1.82) is 0 Å². The van der Waals surface area contributed by atoms with Crippen LogP contribution in [0.15, 0.2) is 24.3 Å². The van der Waals surface area contributed by atoms with E-state index in [0.717, 1.165) is 36.2 Å². The van der Waals surface area contributed by atoms with Crippen molar-refractivity contribution in [2.24, 2.45) is 17.8 Å². The summed E-state index contributed by atoms with van der Waals surface area (Å²) in [6.07, 6.45) is 20.1. The van der Waals surface area contributed by atoms with Gasteiger partial charge >= 0.3 is 0 Å². The molecule has 0 amide bonds. The normalized spacial score (nSPS) is 27.6. The second-order valence-corrected chi connectivity index (χ2v) is 9.69. The lowest BCUT2D eigenvalue weighted by atomic mass is 9.74. The quantitative estimate of drug-likeness (QED) is 0.366. The summed E-state index contributed by atoms with van der Waals surface area (Å²) in [4.78, 5) is 0. The molecule has 1 aromatic carbocycles. The van der Waals surface area contributed by atoms with Crippen LogP contribution in [-0.4, -0.2) is 7.11 Å². The molecular weight excluding hydrogens is 378 g/mol. The minimum Gasteiger partial charge on any atom is -0.380 e. The van der Waals surface area contributed by atoms with Crippen LogP contribution in [0.5, 0.6) is 0 Å². The van der Waals surface area contributed by atoms with Gasteiger partial charge in [0, 0.05) is 12.7 Å². The van der Waals surface area contributed by atoms with Crippen LogP contribution in [-0.2, 0) is 11.3 Å². The Morgan fingerprint density at radius 2 is 1.47 bits per heavy atom. The lowest BCUT2D eigenvalue weighted by molar-refractivity contribution is 0.177. The van der Waals surface area contributed by atoms with Crippen molar-refractivity contribution in [2.75, 3.05) is 7.11 Å². The molecule has 2 saturated carbocycles. The van der Waals surface area contributed by atoms with Crippen LogP contribution in [0.1, 0.15) is 101 Å². The van der Waals surface area contributed by atoms with Crippen molar-refractivity contribution in [1.82, 2.24) is 0 Å². The monoisotopic (exact) mass is 418 g/mol. The Kier molecular flexibility index (Phi) is 9.36. The van der Waals surface area contributed by atoms with E-state index in [-0.39, 0.29) is 12.2 Å². The molecule has 1 aromatic rings. The molecule has 0 bridgehead atoms. The summed E-state index contributed by atoms with van der Waals surface area (Å²) >= 11 is 0. The predicted octanol–water partition coefficient (Wildman–Crippen LogP) is 8.33. The minimum absolute atomic E-state index is 0.0123. The first-order valence-corrected chi connectivity index (χ1v) is 12.2. The van der Waals surface area contributed by atoms with Gasteiger partial charge in [0.1, 0.15) is 11.6 Å². The molecule has 2 aliphatic carbocycles. The van der Waals surface area contributed by atoms with Gasteiger partial charge in [0.05, 0.1) is 6.61 Å². The fourth-order valence-electron chi connectivity index (χ4n) is 5.52. The summed E-state index contributed by atoms with van der Waals surface area (Å²) < 4.78 is 33.4. The standard InChI is InChI=1S/C27H40F2O/c1-3-4-5-6-20-7-9-21(10-8-20)11-12-22-13-15-23(16-14-22)24-17-26(28)25(19-30-2)27(29)18-24/h5-6,17-18,20-23H,3-4,7-16,19H2,1-2H3/b6-5+/t20-,21-,22?,23?. The molecule has 0 unspecified atom stereocenters. The van der Waals surface area contributed by atoms with E-state index in [9.17, 15) is 8.78 Å². The van der Waals surface area contributed by atoms with Gasteiger partial charge in [-0.1, -0.05) is 38.3 Å². The average Bonchev–Trinajstić information content (AvgIpc) is 2.76. The molecule has 1 nitrogen and oxygen atoms in total. The molecule has 168 valence electrons. The molecule has 0 radical (unpaired) electrons. The Balaban J connectivity index is 1.39. The van der Waals surface area contributed by atoms with Crippen LogP contribution >= 0.6 is 0 Å². The van der Waals surface area contributed by atoms with Crippen LogP contribution in [0.4, 0.5) is 8.78 Å². The molecule has 0 N–H and O–H groups in total. The second kappa shape index (κ2) is 12.0. The Hall–Kier alpha value is -1.22. The lowest BCUT2D eigenvalue weighted by Gasteiger charge is -2.31. The molecule has 0 saturated heterocycles. The first kappa shape index (κ1) is 23.4. The molecule has 3 heteroatoms. The van der Waals surface area contributed by atoms with E-state index in [4.69, 9.17) is 4.74 Å². The number of halogens is 2. The Bertz CT molecular complexity index is 644. The smallest absolute Gasteiger partial charge is 0.131 e. The number of hydrogen-bond donors (Lipinski definition) is 0. The summed E-state index contributed by atoms with van der Waals surface area (Å²) in [6.45, 7) is 2.23. The maximum atomic E-state index is 14.2. The molecule has 3 rings (SSSR count). The van der Waals surface area contributed by atoms with E-state index in [2.05, 4.69) is 19.1 Å². The molecule has 30 heavy (non-hydrogen) atoms. The summed E-state index contributed by atoms with van der Waals surface area (Å²) in [5.74, 6) is 1.90. The number of unbranched alkanes of at least 4 members (excludes halogenated alkanes) is 1. The van der Waals surface area contributed by atoms with Crippen LogP contribution in [0, 0.1) is 29.4 Å². The minimum atomic E-state index is -0.464. The Morgan fingerprint density at radius 1 is 0.900 bits per heavy atom. The van der Waals surface area contributed by atoms with Gasteiger partial charge in [-0.25, -0.2) is 8.78 Å². The van der Waals surface area contributed by atoms with E-state index in [1.165, 1.54) is 83.5 Å². The highest BCUT2D eigenvalue weighted by Gasteiger charge is 2.26. The zero-order chi connectivity index (χ0) is 21.3. The van der Waals surface area contributed by atoms with Gasteiger partial charge in [-0.3, -0.25) is 0 Å². The first-order chi connectivity index (χ1) is 14.6. The maximum absolute atomic E-state index is 14.2. The fourth-order valence-corrected chi connectivity index (χ4v) is 5.52. The third kappa shape index (κ3) is 6.64. The van der Waals surface area contributed by atoms with Gasteiger partial charge in [-0.05, 0) is 99.2 Å². The van der Waals surface area contributed by atoms with E-state index in [0.29, 0.717) is 5.92 Å². The summed E-state index contributed by atoms with van der Waals surface area (Å²) in [5, 5.41) is 0. The first-order valence-electron chi connectivity index (χ1n) is 12.2. The average molecular weight is 419 g/mol. The zero-order valence-corrected chi connectivity index (χ0v) is 19.0. The number of methoxy groups -OCH3 is 1. The van der Waals surface area contributed by atoms with Gasteiger partial charge < -0.3 is 4.74 Å². The molecule has 0 aromatic heterocycles. The van der Waals surface area contributed by atoms with Gasteiger partial charge in [0.25, 0.3) is 0 Å². The van der Waals surface area contributed by atoms with E-state index in [1.54, 1.807) is 0 Å². The third-order valence-electron chi connectivity index (χ3n) is 7.51. The molecular formula is C27H40F2O. The van der Waals surface area contributed by atoms with Crippen molar-refractivity contribution in [3.63, 3.8) is 0 Å². The van der Waals surface area contributed by atoms with Gasteiger partial charge in [-0.2, -0.15) is 0 Å². The fraction of sp³-hybridized carbons (Fsp3) is 0.704. The summed E-state index contributed by atoms with van der Waals surface area (Å²) in [6, 6.07) is 3.08. The number of benzene rings is 1. The van der Waals surface area contributed by atoms with Crippen LogP contribution in [0.25, 0.3) is 0 Å². The zero-order valence-electron chi connectivity index (χ0n) is 19.0. The summed E-state index contributed by atoms with van der Waals surface area (Å²) in [7, 11) is 1.46. The number of ether oxygens (including phenoxy) is 1. The van der Waals surface area contributed by atoms with Gasteiger partial charge in [-0.15, -0.1) is 0 Å². The maximum Gasteiger partial charge on any atom is 0.131 e. The Morgan fingerprint density at radius 3 is 2.00 bits per heavy atom. The summed E-state index contributed by atoms with van der Waals surface area (Å²) in [5.41, 5.74) is 0.878. The van der Waals surface area contributed by atoms with Crippen molar-refractivity contribution in [3.8, 4) is 0 Å². The van der Waals surface area contributed by atoms with Gasteiger partial charge in [0.2, 0.25) is 0 Å². The predicted molar refractivity (Wildman–Crippen MR) is 121 cm³/mol. The molecule has 0 spiro atoms. The largest absolute Gasteiger partial charge is 0.380 e. The van der Waals surface area contributed by atoms with E-state index >= 15 is 0 Å². The third-order valence-corrected chi connectivity index (χ3v) is 7.51. The molecule has 2 aliphatic rings. The van der Waals surface area contributed by atoms with Crippen LogP contribution in [0.2, 0.25) is 0 Å². The number of allylic oxidation sites excluding steroid dienone is 2. The Labute approximate surface area is 182 Å². The topological polar surface area (TPSA) is 9.23 Å². The van der Waals surface area contributed by atoms with Crippen LogP contribution < -0.4 is 0 Å². The second-order valence-electron chi connectivity index (χ2n) is 9.69. The van der Waals surface area contributed by atoms with Crippen molar-refractivity contribution in [3.05, 3.63) is 47.0 Å². The highest BCUT2D eigenvalue weighted by Crippen LogP contribution is 2.40. The molecule has 0 atom stereocenters. The van der Waals surface area contributed by atoms with Crippen LogP contribution in [0.3, 0.4) is 0 Å². The van der Waals surface area contributed by atoms with E-state index in [1.807, 2.05) is 0 Å². The number of rotatable bonds is 9. The van der Waals surface area contributed by atoms with Gasteiger partial charge in [0.15, 0.2) is 0 Å². The molecule has 2 fully saturated rings. The highest BCUT2D eigenvalue weighted by atomic mass is 19.1. The van der Waals surface area contributed by atoms with E-state index < -0.39 is 11.6 Å². The van der Waals surface area contributed by atoms with Crippen molar-refractivity contribution < 1.29 is 13.5 Å². The number of hydrogen-bond acceptors (Lipinski definition) is 1. The molecule has 0 heterocycles. The lowest BCUT2D eigenvalue weighted by Crippen LogP contribution is -2.17. The van der Waals surface area contributed by atoms with Crippen molar-refractivity contribution in [2.45, 2.75) is 96.5 Å². The highest BCUT2D eigenvalue weighted by molar-refractivity contribution is 5.28.